The normalized spacial score (nSPS) is 11.9. The van der Waals surface area contributed by atoms with Gasteiger partial charge in [-0.1, -0.05) is 48.5 Å². The third-order valence-corrected chi connectivity index (χ3v) is 3.64. The zero-order valence-electron chi connectivity index (χ0n) is 12.8. The van der Waals surface area contributed by atoms with Crippen molar-refractivity contribution in [1.82, 2.24) is 0 Å². The number of aromatic hydroxyl groups is 1. The molecule has 122 valence electrons. The number of benzene rings is 2. The largest absolute Gasteiger partial charge is 0.502 e. The summed E-state index contributed by atoms with van der Waals surface area (Å²) < 4.78 is 5.56. The molecule has 0 unspecified atom stereocenters. The van der Waals surface area contributed by atoms with Crippen molar-refractivity contribution >= 4 is 5.69 Å². The first kappa shape index (κ1) is 15.8. The van der Waals surface area contributed by atoms with E-state index in [0.29, 0.717) is 0 Å². The Balaban J connectivity index is 2.12. The Bertz CT molecular complexity index is 860. The van der Waals surface area contributed by atoms with E-state index in [-0.39, 0.29) is 11.5 Å². The van der Waals surface area contributed by atoms with E-state index in [1.807, 2.05) is 60.7 Å². The summed E-state index contributed by atoms with van der Waals surface area (Å²) in [6.07, 6.45) is 0. The van der Waals surface area contributed by atoms with E-state index < -0.39 is 23.8 Å². The first-order valence-corrected chi connectivity index (χ1v) is 7.52. The molecule has 0 aliphatic carbocycles. The van der Waals surface area contributed by atoms with Gasteiger partial charge in [0, 0.05) is 11.8 Å². The molecule has 0 radical (unpaired) electrons. The van der Waals surface area contributed by atoms with Gasteiger partial charge >= 0.3 is 0 Å². The predicted molar refractivity (Wildman–Crippen MR) is 90.9 cm³/mol. The molecule has 3 rings (SSSR count). The van der Waals surface area contributed by atoms with Crippen molar-refractivity contribution in [3.05, 3.63) is 94.0 Å². The Hall–Kier alpha value is -3.05. The topological polar surface area (TPSA) is 82.7 Å². The van der Waals surface area contributed by atoms with Crippen molar-refractivity contribution < 1.29 is 14.6 Å². The molecule has 1 atom stereocenters. The standard InChI is InChI=1S/C19H17NO4/c21-12-15-11-16(22)18(23)19(24-15)17(13-7-3-1-4-8-13)20-14-9-5-2-6-10-14/h1-11,17,20-21,23H,12H2/t17-/m0/s1. The summed E-state index contributed by atoms with van der Waals surface area (Å²) in [7, 11) is 0. The second kappa shape index (κ2) is 7.02. The lowest BCUT2D eigenvalue weighted by Gasteiger charge is -2.20. The number of hydrogen-bond acceptors (Lipinski definition) is 5. The lowest BCUT2D eigenvalue weighted by Crippen LogP contribution is -2.16. The highest BCUT2D eigenvalue weighted by molar-refractivity contribution is 5.49. The van der Waals surface area contributed by atoms with Gasteiger partial charge in [-0.15, -0.1) is 0 Å². The number of rotatable bonds is 5. The lowest BCUT2D eigenvalue weighted by atomic mass is 10.0. The van der Waals surface area contributed by atoms with Crippen LogP contribution in [0, 0.1) is 0 Å². The summed E-state index contributed by atoms with van der Waals surface area (Å²) in [5.74, 6) is -0.297. The van der Waals surface area contributed by atoms with Gasteiger partial charge in [-0.05, 0) is 17.7 Å². The number of para-hydroxylation sites is 1. The van der Waals surface area contributed by atoms with Gasteiger partial charge < -0.3 is 19.9 Å². The molecule has 0 saturated carbocycles. The fourth-order valence-corrected chi connectivity index (χ4v) is 2.48. The molecule has 0 saturated heterocycles. The molecule has 2 aromatic carbocycles. The zero-order chi connectivity index (χ0) is 16.9. The number of hydrogen-bond donors (Lipinski definition) is 3. The van der Waals surface area contributed by atoms with Gasteiger partial charge in [-0.2, -0.15) is 0 Å². The zero-order valence-corrected chi connectivity index (χ0v) is 12.8. The average molecular weight is 323 g/mol. The summed E-state index contributed by atoms with van der Waals surface area (Å²) in [6.45, 7) is -0.421. The Labute approximate surface area is 138 Å². The Kier molecular flexibility index (Phi) is 4.63. The van der Waals surface area contributed by atoms with E-state index in [1.54, 1.807) is 0 Å². The van der Waals surface area contributed by atoms with Crippen LogP contribution in [0.3, 0.4) is 0 Å². The first-order chi connectivity index (χ1) is 11.7. The maximum Gasteiger partial charge on any atom is 0.227 e. The molecule has 3 N–H and O–H groups in total. The molecular weight excluding hydrogens is 306 g/mol. The van der Waals surface area contributed by atoms with Gasteiger partial charge in [0.25, 0.3) is 0 Å². The van der Waals surface area contributed by atoms with E-state index in [4.69, 9.17) is 4.42 Å². The molecule has 3 aromatic rings. The van der Waals surface area contributed by atoms with Crippen LogP contribution in [0.1, 0.15) is 23.1 Å². The van der Waals surface area contributed by atoms with Crippen LogP contribution in [-0.4, -0.2) is 10.2 Å². The minimum Gasteiger partial charge on any atom is -0.502 e. The molecule has 0 fully saturated rings. The Morgan fingerprint density at radius 1 is 1.00 bits per heavy atom. The number of aliphatic hydroxyl groups is 1. The molecule has 1 aromatic heterocycles. The van der Waals surface area contributed by atoms with Crippen molar-refractivity contribution in [2.24, 2.45) is 0 Å². The Morgan fingerprint density at radius 2 is 1.62 bits per heavy atom. The molecule has 0 aliphatic heterocycles. The minimum absolute atomic E-state index is 0.0709. The summed E-state index contributed by atoms with van der Waals surface area (Å²) in [4.78, 5) is 12.0. The van der Waals surface area contributed by atoms with Crippen LogP contribution < -0.4 is 10.7 Å². The second-order valence-electron chi connectivity index (χ2n) is 5.30. The highest BCUT2D eigenvalue weighted by Crippen LogP contribution is 2.31. The Morgan fingerprint density at radius 3 is 2.25 bits per heavy atom. The SMILES string of the molecule is O=c1cc(CO)oc([C@@H](Nc2ccccc2)c2ccccc2)c1O. The van der Waals surface area contributed by atoms with Crippen molar-refractivity contribution in [1.29, 1.82) is 0 Å². The smallest absolute Gasteiger partial charge is 0.227 e. The maximum atomic E-state index is 12.0. The molecule has 0 spiro atoms. The third kappa shape index (κ3) is 3.31. The van der Waals surface area contributed by atoms with Crippen molar-refractivity contribution in [3.63, 3.8) is 0 Å². The van der Waals surface area contributed by atoms with E-state index in [1.165, 1.54) is 0 Å². The predicted octanol–water partition coefficient (Wildman–Crippen LogP) is 3.04. The van der Waals surface area contributed by atoms with Crippen LogP contribution in [0.15, 0.2) is 75.9 Å². The molecular formula is C19H17NO4. The number of aliphatic hydroxyl groups excluding tert-OH is 1. The summed E-state index contributed by atoms with van der Waals surface area (Å²) in [6, 6.07) is 19.3. The van der Waals surface area contributed by atoms with Crippen molar-refractivity contribution in [3.8, 4) is 5.75 Å². The molecule has 5 nitrogen and oxygen atoms in total. The third-order valence-electron chi connectivity index (χ3n) is 3.64. The van der Waals surface area contributed by atoms with E-state index in [2.05, 4.69) is 5.32 Å². The van der Waals surface area contributed by atoms with Gasteiger partial charge in [0.05, 0.1) is 0 Å². The summed E-state index contributed by atoms with van der Waals surface area (Å²) >= 11 is 0. The van der Waals surface area contributed by atoms with Crippen LogP contribution in [0.25, 0.3) is 0 Å². The van der Waals surface area contributed by atoms with Crippen molar-refractivity contribution in [2.75, 3.05) is 5.32 Å². The average Bonchev–Trinajstić information content (AvgIpc) is 2.64. The van der Waals surface area contributed by atoms with Crippen LogP contribution in [0.2, 0.25) is 0 Å². The highest BCUT2D eigenvalue weighted by Gasteiger charge is 2.23. The monoisotopic (exact) mass is 323 g/mol. The van der Waals surface area contributed by atoms with Gasteiger partial charge in [-0.25, -0.2) is 0 Å². The summed E-state index contributed by atoms with van der Waals surface area (Å²) in [5, 5.41) is 22.7. The van der Waals surface area contributed by atoms with Gasteiger partial charge in [0.1, 0.15) is 18.4 Å². The number of anilines is 1. The van der Waals surface area contributed by atoms with Crippen LogP contribution in [0.5, 0.6) is 5.75 Å². The fourth-order valence-electron chi connectivity index (χ4n) is 2.48. The molecule has 1 heterocycles. The number of nitrogens with one attached hydrogen (secondary N) is 1. The van der Waals surface area contributed by atoms with Gasteiger partial charge in [0.15, 0.2) is 5.76 Å². The fraction of sp³-hybridized carbons (Fsp3) is 0.105. The van der Waals surface area contributed by atoms with Crippen LogP contribution >= 0.6 is 0 Å². The van der Waals surface area contributed by atoms with Crippen LogP contribution in [0.4, 0.5) is 5.69 Å². The highest BCUT2D eigenvalue weighted by atomic mass is 16.4. The lowest BCUT2D eigenvalue weighted by molar-refractivity contribution is 0.234. The quantitative estimate of drug-likeness (QED) is 0.672. The van der Waals surface area contributed by atoms with Crippen molar-refractivity contribution in [2.45, 2.75) is 12.6 Å². The van der Waals surface area contributed by atoms with Gasteiger partial charge in [-0.3, -0.25) is 4.79 Å². The molecule has 5 heteroatoms. The maximum absolute atomic E-state index is 12.0. The minimum atomic E-state index is -0.587. The van der Waals surface area contributed by atoms with E-state index in [9.17, 15) is 15.0 Å². The summed E-state index contributed by atoms with van der Waals surface area (Å²) in [5.41, 5.74) is 1.04. The molecule has 0 bridgehead atoms. The van der Waals surface area contributed by atoms with E-state index in [0.717, 1.165) is 17.3 Å². The molecule has 0 amide bonds. The first-order valence-electron chi connectivity index (χ1n) is 7.52. The molecule has 0 aliphatic rings. The van der Waals surface area contributed by atoms with Gasteiger partial charge in [0.2, 0.25) is 11.2 Å². The second-order valence-corrected chi connectivity index (χ2v) is 5.30. The van der Waals surface area contributed by atoms with Crippen LogP contribution in [-0.2, 0) is 6.61 Å². The van der Waals surface area contributed by atoms with E-state index >= 15 is 0 Å². The molecule has 24 heavy (non-hydrogen) atoms.